The number of carbonyl (C=O) groups is 1. The first-order valence-electron chi connectivity index (χ1n) is 8.95. The Morgan fingerprint density at radius 2 is 1.83 bits per heavy atom. The highest BCUT2D eigenvalue weighted by molar-refractivity contribution is 6.06. The number of nitrogens with one attached hydrogen (secondary N) is 3. The van der Waals surface area contributed by atoms with Crippen molar-refractivity contribution in [2.45, 2.75) is 6.92 Å². The summed E-state index contributed by atoms with van der Waals surface area (Å²) in [5.41, 5.74) is 2.06. The molecule has 0 spiro atoms. The average Bonchev–Trinajstić information content (AvgIpc) is 3.28. The highest BCUT2D eigenvalue weighted by atomic mass is 16.5. The molecule has 4 rings (SSSR count). The van der Waals surface area contributed by atoms with Crippen molar-refractivity contribution in [3.63, 3.8) is 0 Å². The quantitative estimate of drug-likeness (QED) is 0.463. The summed E-state index contributed by atoms with van der Waals surface area (Å²) in [5, 5.41) is 17.1. The van der Waals surface area contributed by atoms with Crippen molar-refractivity contribution in [3.8, 4) is 22.9 Å². The number of aromatic amines is 2. The number of aromatic nitrogens is 5. The maximum absolute atomic E-state index is 12.9. The van der Waals surface area contributed by atoms with Gasteiger partial charge in [0.15, 0.2) is 17.3 Å². The number of tetrazole rings is 1. The molecule has 0 aliphatic carbocycles. The summed E-state index contributed by atoms with van der Waals surface area (Å²) in [6.07, 6.45) is 0. The summed E-state index contributed by atoms with van der Waals surface area (Å²) < 4.78 is 10.6. The first-order valence-corrected chi connectivity index (χ1v) is 8.95. The van der Waals surface area contributed by atoms with Crippen molar-refractivity contribution in [1.29, 1.82) is 0 Å². The Morgan fingerprint density at radius 1 is 1.07 bits per heavy atom. The van der Waals surface area contributed by atoms with Crippen LogP contribution in [-0.4, -0.2) is 45.7 Å². The molecule has 2 heterocycles. The van der Waals surface area contributed by atoms with Crippen molar-refractivity contribution >= 4 is 22.5 Å². The molecule has 0 aliphatic rings. The topological polar surface area (TPSA) is 135 Å². The number of benzene rings is 2. The van der Waals surface area contributed by atoms with Gasteiger partial charge in [-0.05, 0) is 41.1 Å². The van der Waals surface area contributed by atoms with Gasteiger partial charge in [0.05, 0.1) is 19.7 Å². The monoisotopic (exact) mass is 406 g/mol. The summed E-state index contributed by atoms with van der Waals surface area (Å²) in [5.74, 6) is 0.902. The minimum atomic E-state index is -0.538. The number of methoxy groups -OCH3 is 2. The zero-order valence-electron chi connectivity index (χ0n) is 16.4. The Kier molecular flexibility index (Phi) is 4.88. The number of aryl methyl sites for hydroxylation is 1. The average molecular weight is 406 g/mol. The van der Waals surface area contributed by atoms with Crippen molar-refractivity contribution < 1.29 is 14.3 Å². The molecule has 0 aliphatic heterocycles. The lowest BCUT2D eigenvalue weighted by atomic mass is 10.1. The number of pyridine rings is 1. The van der Waals surface area contributed by atoms with Crippen LogP contribution in [0.2, 0.25) is 0 Å². The molecule has 2 aromatic carbocycles. The molecule has 0 unspecified atom stereocenters. The predicted molar refractivity (Wildman–Crippen MR) is 110 cm³/mol. The fourth-order valence-electron chi connectivity index (χ4n) is 3.08. The van der Waals surface area contributed by atoms with E-state index >= 15 is 0 Å². The molecule has 0 fully saturated rings. The number of hydrogen-bond donors (Lipinski definition) is 3. The molecule has 0 saturated carbocycles. The van der Waals surface area contributed by atoms with E-state index in [2.05, 4.69) is 30.9 Å². The number of anilines is 1. The molecule has 0 radical (unpaired) electrons. The van der Waals surface area contributed by atoms with Gasteiger partial charge >= 0.3 is 0 Å². The minimum Gasteiger partial charge on any atom is -0.493 e. The van der Waals surface area contributed by atoms with Crippen LogP contribution in [0.4, 0.5) is 5.69 Å². The Balaban J connectivity index is 1.71. The molecule has 0 bridgehead atoms. The van der Waals surface area contributed by atoms with E-state index in [0.29, 0.717) is 39.5 Å². The van der Waals surface area contributed by atoms with Crippen molar-refractivity contribution in [1.82, 2.24) is 25.6 Å². The molecule has 10 nitrogen and oxygen atoms in total. The molecule has 4 aromatic rings. The van der Waals surface area contributed by atoms with Crippen LogP contribution in [0.5, 0.6) is 11.5 Å². The molecule has 30 heavy (non-hydrogen) atoms. The second-order valence-corrected chi connectivity index (χ2v) is 6.54. The van der Waals surface area contributed by atoms with E-state index in [-0.39, 0.29) is 5.56 Å². The lowest BCUT2D eigenvalue weighted by molar-refractivity contribution is 0.102. The number of amides is 1. The fraction of sp³-hybridized carbons (Fsp3) is 0.150. The summed E-state index contributed by atoms with van der Waals surface area (Å²) in [6.45, 7) is 1.85. The Morgan fingerprint density at radius 3 is 2.53 bits per heavy atom. The molecule has 3 N–H and O–H groups in total. The molecule has 152 valence electrons. The first kappa shape index (κ1) is 19.1. The van der Waals surface area contributed by atoms with Crippen molar-refractivity contribution in [2.24, 2.45) is 0 Å². The number of nitrogens with zero attached hydrogens (tertiary/aromatic N) is 3. The van der Waals surface area contributed by atoms with Gasteiger partial charge < -0.3 is 19.8 Å². The van der Waals surface area contributed by atoms with E-state index in [4.69, 9.17) is 9.47 Å². The number of hydrogen-bond acceptors (Lipinski definition) is 7. The van der Waals surface area contributed by atoms with Crippen LogP contribution in [0.15, 0.2) is 41.2 Å². The lowest BCUT2D eigenvalue weighted by Gasteiger charge is -2.11. The Labute approximate surface area is 170 Å². The normalized spacial score (nSPS) is 10.8. The predicted octanol–water partition coefficient (Wildman–Crippen LogP) is 2.29. The smallest absolute Gasteiger partial charge is 0.261 e. The maximum Gasteiger partial charge on any atom is 0.261 e. The zero-order chi connectivity index (χ0) is 21.3. The van der Waals surface area contributed by atoms with Gasteiger partial charge in [-0.15, -0.1) is 5.10 Å². The number of carbonyl (C=O) groups excluding carboxylic acids is 1. The van der Waals surface area contributed by atoms with E-state index in [0.717, 1.165) is 5.56 Å². The highest BCUT2D eigenvalue weighted by Crippen LogP contribution is 2.31. The third kappa shape index (κ3) is 3.46. The molecular formula is C20H18N6O4. The SMILES string of the molecule is COc1cc2cc(C(=O)Nc3cc(-c4nnn[nH]4)ccc3C)c(=O)[nH]c2cc1OC. The molecule has 0 saturated heterocycles. The molecular weight excluding hydrogens is 388 g/mol. The minimum absolute atomic E-state index is 0.0270. The summed E-state index contributed by atoms with van der Waals surface area (Å²) in [7, 11) is 3.03. The van der Waals surface area contributed by atoms with E-state index < -0.39 is 11.5 Å². The van der Waals surface area contributed by atoms with Crippen molar-refractivity contribution in [3.05, 3.63) is 57.9 Å². The van der Waals surface area contributed by atoms with Crippen LogP contribution in [0.3, 0.4) is 0 Å². The van der Waals surface area contributed by atoms with Crippen LogP contribution >= 0.6 is 0 Å². The fourth-order valence-corrected chi connectivity index (χ4v) is 3.08. The number of rotatable bonds is 5. The zero-order valence-corrected chi connectivity index (χ0v) is 16.4. The van der Waals surface area contributed by atoms with Gasteiger partial charge in [0.2, 0.25) is 0 Å². The lowest BCUT2D eigenvalue weighted by Crippen LogP contribution is -2.23. The third-order valence-corrected chi connectivity index (χ3v) is 4.70. The van der Waals surface area contributed by atoms with Crippen molar-refractivity contribution in [2.75, 3.05) is 19.5 Å². The van der Waals surface area contributed by atoms with Gasteiger partial charge in [-0.2, -0.15) is 0 Å². The van der Waals surface area contributed by atoms with E-state index in [1.165, 1.54) is 20.3 Å². The second-order valence-electron chi connectivity index (χ2n) is 6.54. The number of ether oxygens (including phenoxy) is 2. The summed E-state index contributed by atoms with van der Waals surface area (Å²) in [4.78, 5) is 28.1. The first-order chi connectivity index (χ1) is 14.5. The Bertz CT molecular complexity index is 1300. The van der Waals surface area contributed by atoms with E-state index in [1.54, 1.807) is 18.2 Å². The van der Waals surface area contributed by atoms with Gasteiger partial charge in [-0.25, -0.2) is 5.10 Å². The molecule has 10 heteroatoms. The van der Waals surface area contributed by atoms with E-state index in [1.807, 2.05) is 19.1 Å². The molecule has 1 amide bonds. The third-order valence-electron chi connectivity index (χ3n) is 4.70. The summed E-state index contributed by atoms with van der Waals surface area (Å²) in [6, 6.07) is 10.3. The molecule has 0 atom stereocenters. The standard InChI is InChI=1S/C20H18N6O4/c1-10-4-5-11(18-23-25-26-24-18)7-14(10)21-19(27)13-6-12-8-16(29-2)17(30-3)9-15(12)22-20(13)28/h4-9H,1-3H3,(H,21,27)(H,22,28)(H,23,24,25,26). The molecule has 2 aromatic heterocycles. The van der Waals surface area contributed by atoms with E-state index in [9.17, 15) is 9.59 Å². The number of H-pyrrole nitrogens is 2. The van der Waals surface area contributed by atoms with Crippen LogP contribution in [0, 0.1) is 6.92 Å². The van der Waals surface area contributed by atoms with Crippen LogP contribution in [0.1, 0.15) is 15.9 Å². The van der Waals surface area contributed by atoms with Crippen LogP contribution in [0.25, 0.3) is 22.3 Å². The second kappa shape index (κ2) is 7.66. The van der Waals surface area contributed by atoms with Gasteiger partial charge in [-0.3, -0.25) is 9.59 Å². The van der Waals surface area contributed by atoms with Gasteiger partial charge in [-0.1, -0.05) is 12.1 Å². The van der Waals surface area contributed by atoms with Gasteiger partial charge in [0.1, 0.15) is 5.56 Å². The Hall–Kier alpha value is -4.21. The van der Waals surface area contributed by atoms with Crippen LogP contribution < -0.4 is 20.3 Å². The summed E-state index contributed by atoms with van der Waals surface area (Å²) >= 11 is 0. The largest absolute Gasteiger partial charge is 0.493 e. The maximum atomic E-state index is 12.9. The highest BCUT2D eigenvalue weighted by Gasteiger charge is 2.16. The van der Waals surface area contributed by atoms with Crippen LogP contribution in [-0.2, 0) is 0 Å². The van der Waals surface area contributed by atoms with Gasteiger partial charge in [0, 0.05) is 22.7 Å². The number of fused-ring (bicyclic) bond motifs is 1. The van der Waals surface area contributed by atoms with Gasteiger partial charge in [0.25, 0.3) is 11.5 Å².